The number of hydrogen-bond donors (Lipinski definition) is 2. The third kappa shape index (κ3) is 2.67. The van der Waals surface area contributed by atoms with Gasteiger partial charge >= 0.3 is 0 Å². The first-order valence-corrected chi connectivity index (χ1v) is 7.27. The first-order valence-electron chi connectivity index (χ1n) is 6.86. The van der Waals surface area contributed by atoms with Crippen LogP contribution in [0.3, 0.4) is 0 Å². The standard InChI is InChI=1S/C15H16N4OS/c16-15(21)11-8-18-12-5-2-1-4-10(12)14(11)19-7-3-6-17-13(20)9-19/h1-2,4-5,8H,3,6-7,9H2,(H2,16,21)(H,17,20). The van der Waals surface area contributed by atoms with E-state index in [9.17, 15) is 4.79 Å². The number of anilines is 1. The van der Waals surface area contributed by atoms with Crippen LogP contribution in [-0.4, -0.2) is 35.5 Å². The molecule has 1 aliphatic rings. The van der Waals surface area contributed by atoms with Gasteiger partial charge in [0.05, 0.1) is 23.3 Å². The number of pyridine rings is 1. The third-order valence-electron chi connectivity index (χ3n) is 3.59. The van der Waals surface area contributed by atoms with Crippen molar-refractivity contribution in [1.82, 2.24) is 10.3 Å². The monoisotopic (exact) mass is 300 g/mol. The summed E-state index contributed by atoms with van der Waals surface area (Å²) in [6.07, 6.45) is 2.59. The van der Waals surface area contributed by atoms with Crippen LogP contribution in [0.2, 0.25) is 0 Å². The molecule has 1 aliphatic heterocycles. The molecular formula is C15H16N4OS. The van der Waals surface area contributed by atoms with Gasteiger partial charge in [-0.1, -0.05) is 30.4 Å². The van der Waals surface area contributed by atoms with Crippen LogP contribution in [0.5, 0.6) is 0 Å². The number of rotatable bonds is 2. The quantitative estimate of drug-likeness (QED) is 0.815. The van der Waals surface area contributed by atoms with E-state index in [0.29, 0.717) is 18.1 Å². The molecule has 0 spiro atoms. The Morgan fingerprint density at radius 1 is 1.38 bits per heavy atom. The van der Waals surface area contributed by atoms with Gasteiger partial charge in [0.15, 0.2) is 0 Å². The van der Waals surface area contributed by atoms with Crippen molar-refractivity contribution in [3.63, 3.8) is 0 Å². The maximum Gasteiger partial charge on any atom is 0.239 e. The van der Waals surface area contributed by atoms with Gasteiger partial charge in [-0.25, -0.2) is 0 Å². The van der Waals surface area contributed by atoms with Gasteiger partial charge in [0, 0.05) is 24.7 Å². The number of fused-ring (bicyclic) bond motifs is 1. The Balaban J connectivity index is 2.19. The van der Waals surface area contributed by atoms with Crippen molar-refractivity contribution in [3.05, 3.63) is 36.0 Å². The van der Waals surface area contributed by atoms with Crippen LogP contribution in [-0.2, 0) is 4.79 Å². The zero-order valence-corrected chi connectivity index (χ0v) is 12.3. The molecule has 108 valence electrons. The largest absolute Gasteiger partial charge is 0.389 e. The number of para-hydroxylation sites is 1. The first-order chi connectivity index (χ1) is 10.2. The summed E-state index contributed by atoms with van der Waals surface area (Å²) >= 11 is 5.16. The summed E-state index contributed by atoms with van der Waals surface area (Å²) in [7, 11) is 0. The predicted molar refractivity (Wildman–Crippen MR) is 87.5 cm³/mol. The van der Waals surface area contributed by atoms with Crippen LogP contribution in [0.25, 0.3) is 10.9 Å². The Bertz CT molecular complexity index is 716. The van der Waals surface area contributed by atoms with Crippen molar-refractivity contribution in [1.29, 1.82) is 0 Å². The summed E-state index contributed by atoms with van der Waals surface area (Å²) < 4.78 is 0. The van der Waals surface area contributed by atoms with E-state index < -0.39 is 0 Å². The lowest BCUT2D eigenvalue weighted by molar-refractivity contribution is -0.119. The number of thiocarbonyl (C=S) groups is 1. The van der Waals surface area contributed by atoms with Gasteiger partial charge in [-0.3, -0.25) is 9.78 Å². The van der Waals surface area contributed by atoms with E-state index in [1.54, 1.807) is 6.20 Å². The SMILES string of the molecule is NC(=S)c1cnc2ccccc2c1N1CCCNC(=O)C1. The van der Waals surface area contributed by atoms with Gasteiger partial charge in [0.25, 0.3) is 0 Å². The van der Waals surface area contributed by atoms with Crippen molar-refractivity contribution in [2.75, 3.05) is 24.5 Å². The van der Waals surface area contributed by atoms with Crippen molar-refractivity contribution >= 4 is 39.7 Å². The second-order valence-corrected chi connectivity index (χ2v) is 5.47. The molecule has 5 nitrogen and oxygen atoms in total. The molecule has 3 rings (SSSR count). The maximum atomic E-state index is 11.9. The molecule has 1 fully saturated rings. The van der Waals surface area contributed by atoms with Gasteiger partial charge in [-0.15, -0.1) is 0 Å². The first kappa shape index (κ1) is 13.8. The molecule has 2 aromatic rings. The molecule has 1 aromatic carbocycles. The molecule has 0 atom stereocenters. The molecule has 0 saturated carbocycles. The minimum atomic E-state index is 0.0160. The van der Waals surface area contributed by atoms with Gasteiger partial charge in [0.1, 0.15) is 4.99 Å². The van der Waals surface area contributed by atoms with E-state index >= 15 is 0 Å². The molecule has 2 heterocycles. The van der Waals surface area contributed by atoms with Crippen LogP contribution in [0.4, 0.5) is 5.69 Å². The highest BCUT2D eigenvalue weighted by molar-refractivity contribution is 7.80. The normalized spacial score (nSPS) is 15.6. The number of carbonyl (C=O) groups excluding carboxylic acids is 1. The summed E-state index contributed by atoms with van der Waals surface area (Å²) in [6.45, 7) is 1.78. The summed E-state index contributed by atoms with van der Waals surface area (Å²) in [5, 5.41) is 3.85. The lowest BCUT2D eigenvalue weighted by atomic mass is 10.1. The van der Waals surface area contributed by atoms with E-state index in [1.807, 2.05) is 29.2 Å². The van der Waals surface area contributed by atoms with E-state index in [1.165, 1.54) is 0 Å². The molecule has 1 amide bonds. The zero-order chi connectivity index (χ0) is 14.8. The smallest absolute Gasteiger partial charge is 0.239 e. The van der Waals surface area contributed by atoms with Gasteiger partial charge in [0.2, 0.25) is 5.91 Å². The summed E-state index contributed by atoms with van der Waals surface area (Å²) in [6, 6.07) is 7.83. The number of hydrogen-bond acceptors (Lipinski definition) is 4. The molecule has 6 heteroatoms. The van der Waals surface area contributed by atoms with Gasteiger partial charge in [-0.05, 0) is 12.5 Å². The van der Waals surface area contributed by atoms with Crippen molar-refractivity contribution < 1.29 is 4.79 Å². The van der Waals surface area contributed by atoms with Gasteiger partial charge in [-0.2, -0.15) is 0 Å². The van der Waals surface area contributed by atoms with E-state index in [2.05, 4.69) is 10.3 Å². The Morgan fingerprint density at radius 2 is 2.19 bits per heavy atom. The number of nitrogens with two attached hydrogens (primary N) is 1. The maximum absolute atomic E-state index is 11.9. The van der Waals surface area contributed by atoms with Crippen molar-refractivity contribution in [2.45, 2.75) is 6.42 Å². The number of nitrogens with zero attached hydrogens (tertiary/aromatic N) is 2. The number of carbonyl (C=O) groups is 1. The third-order valence-corrected chi connectivity index (χ3v) is 3.81. The average Bonchev–Trinajstić information content (AvgIpc) is 2.70. The Hall–Kier alpha value is -2.21. The minimum absolute atomic E-state index is 0.0160. The van der Waals surface area contributed by atoms with E-state index in [-0.39, 0.29) is 5.91 Å². The molecule has 1 aromatic heterocycles. The molecular weight excluding hydrogens is 284 g/mol. The Morgan fingerprint density at radius 3 is 3.00 bits per heavy atom. The summed E-state index contributed by atoms with van der Waals surface area (Å²) in [5.41, 5.74) is 8.35. The van der Waals surface area contributed by atoms with Crippen molar-refractivity contribution in [3.8, 4) is 0 Å². The molecule has 0 unspecified atom stereocenters. The number of benzene rings is 1. The predicted octanol–water partition coefficient (Wildman–Crippen LogP) is 1.20. The van der Waals surface area contributed by atoms with Crippen LogP contribution in [0, 0.1) is 0 Å². The highest BCUT2D eigenvalue weighted by Crippen LogP contribution is 2.30. The van der Waals surface area contributed by atoms with Crippen molar-refractivity contribution in [2.24, 2.45) is 5.73 Å². The van der Waals surface area contributed by atoms with E-state index in [4.69, 9.17) is 18.0 Å². The second-order valence-electron chi connectivity index (χ2n) is 5.03. The summed E-state index contributed by atoms with van der Waals surface area (Å²) in [5.74, 6) is 0.0160. The number of aromatic nitrogens is 1. The fourth-order valence-corrected chi connectivity index (χ4v) is 2.79. The Labute approximate surface area is 128 Å². The number of nitrogens with one attached hydrogen (secondary N) is 1. The molecule has 3 N–H and O–H groups in total. The van der Waals surface area contributed by atoms with Crippen LogP contribution >= 0.6 is 12.2 Å². The highest BCUT2D eigenvalue weighted by atomic mass is 32.1. The fraction of sp³-hybridized carbons (Fsp3) is 0.267. The second kappa shape index (κ2) is 5.65. The van der Waals surface area contributed by atoms with Crippen LogP contribution in [0.15, 0.2) is 30.5 Å². The Kier molecular flexibility index (Phi) is 3.70. The van der Waals surface area contributed by atoms with Crippen LogP contribution in [0.1, 0.15) is 12.0 Å². The zero-order valence-electron chi connectivity index (χ0n) is 11.5. The summed E-state index contributed by atoms with van der Waals surface area (Å²) in [4.78, 5) is 18.6. The average molecular weight is 300 g/mol. The minimum Gasteiger partial charge on any atom is -0.389 e. The van der Waals surface area contributed by atoms with Crippen LogP contribution < -0.4 is 16.0 Å². The number of amides is 1. The fourth-order valence-electron chi connectivity index (χ4n) is 2.64. The molecule has 1 saturated heterocycles. The highest BCUT2D eigenvalue weighted by Gasteiger charge is 2.21. The molecule has 21 heavy (non-hydrogen) atoms. The molecule has 0 bridgehead atoms. The lowest BCUT2D eigenvalue weighted by Crippen LogP contribution is -2.34. The van der Waals surface area contributed by atoms with Gasteiger partial charge < -0.3 is 16.0 Å². The lowest BCUT2D eigenvalue weighted by Gasteiger charge is -2.25. The van der Waals surface area contributed by atoms with E-state index in [0.717, 1.165) is 35.1 Å². The molecule has 0 aliphatic carbocycles. The molecule has 0 radical (unpaired) electrons. The topological polar surface area (TPSA) is 71.2 Å².